The Morgan fingerprint density at radius 2 is 1.76 bits per heavy atom. The molecule has 2 aromatic carbocycles. The fourth-order valence-corrected chi connectivity index (χ4v) is 4.03. The average molecular weight is 487 g/mol. The molecular weight excluding hydrogens is 471 g/mol. The van der Waals surface area contributed by atoms with Crippen LogP contribution in [-0.2, 0) is 15.8 Å². The summed E-state index contributed by atoms with van der Waals surface area (Å²) in [6, 6.07) is 9.65. The van der Waals surface area contributed by atoms with Crippen LogP contribution in [0.25, 0.3) is 21.5 Å². The van der Waals surface area contributed by atoms with Gasteiger partial charge in [-0.2, -0.15) is 13.2 Å². The van der Waals surface area contributed by atoms with Gasteiger partial charge in [-0.1, -0.05) is 23.5 Å². The van der Waals surface area contributed by atoms with Gasteiger partial charge in [0, 0.05) is 25.5 Å². The molecule has 4 rings (SSSR count). The lowest BCUT2D eigenvalue weighted by atomic mass is 10.1. The molecule has 0 spiro atoms. The van der Waals surface area contributed by atoms with Gasteiger partial charge in [-0.3, -0.25) is 9.59 Å². The van der Waals surface area contributed by atoms with Crippen LogP contribution in [0.4, 0.5) is 24.0 Å². The van der Waals surface area contributed by atoms with Crippen LogP contribution in [0.5, 0.6) is 11.6 Å². The van der Waals surface area contributed by atoms with Crippen molar-refractivity contribution in [3.8, 4) is 22.9 Å². The van der Waals surface area contributed by atoms with E-state index in [2.05, 4.69) is 25.6 Å². The zero-order chi connectivity index (χ0) is 24.5. The number of ether oxygens (including phenoxy) is 1. The number of halogens is 3. The van der Waals surface area contributed by atoms with Crippen molar-refractivity contribution in [3.63, 3.8) is 0 Å². The van der Waals surface area contributed by atoms with Gasteiger partial charge in [-0.25, -0.2) is 15.0 Å². The number of rotatable bonds is 5. The second-order valence-corrected chi connectivity index (χ2v) is 8.12. The number of nitrogens with one attached hydrogen (secondary N) is 2. The lowest BCUT2D eigenvalue weighted by Gasteiger charge is -2.14. The number of aromatic nitrogens is 3. The maximum absolute atomic E-state index is 13.2. The second kappa shape index (κ2) is 9.06. The monoisotopic (exact) mass is 487 g/mol. The highest BCUT2D eigenvalue weighted by Gasteiger charge is 2.31. The highest BCUT2D eigenvalue weighted by atomic mass is 32.1. The molecule has 2 heterocycles. The molecule has 0 atom stereocenters. The average Bonchev–Trinajstić information content (AvgIpc) is 3.15. The first-order chi connectivity index (χ1) is 16.1. The van der Waals surface area contributed by atoms with Crippen LogP contribution in [0, 0.1) is 0 Å². The Labute approximate surface area is 194 Å². The summed E-state index contributed by atoms with van der Waals surface area (Å²) in [5, 5.41) is 5.45. The molecular formula is C22H16F3N5O3S. The normalized spacial score (nSPS) is 11.3. The van der Waals surface area contributed by atoms with Crippen LogP contribution < -0.4 is 15.4 Å². The highest BCUT2D eigenvalue weighted by molar-refractivity contribution is 7.22. The number of benzene rings is 2. The number of para-hydroxylation sites is 1. The van der Waals surface area contributed by atoms with E-state index in [4.69, 9.17) is 4.74 Å². The van der Waals surface area contributed by atoms with E-state index in [1.54, 1.807) is 12.1 Å². The first-order valence-corrected chi connectivity index (χ1v) is 10.6. The minimum Gasteiger partial charge on any atom is -0.437 e. The van der Waals surface area contributed by atoms with Crippen molar-refractivity contribution < 1.29 is 27.5 Å². The van der Waals surface area contributed by atoms with Gasteiger partial charge in [0.1, 0.15) is 11.8 Å². The molecule has 0 aliphatic rings. The van der Waals surface area contributed by atoms with Crippen LogP contribution in [0.3, 0.4) is 0 Å². The number of carbonyl (C=O) groups is 2. The Morgan fingerprint density at radius 1 is 1.00 bits per heavy atom. The molecule has 0 aliphatic heterocycles. The second-order valence-electron chi connectivity index (χ2n) is 7.09. The summed E-state index contributed by atoms with van der Waals surface area (Å²) in [7, 11) is 0. The summed E-state index contributed by atoms with van der Waals surface area (Å²) in [6.45, 7) is 2.57. The van der Waals surface area contributed by atoms with Gasteiger partial charge in [-0.15, -0.1) is 0 Å². The minimum atomic E-state index is -4.58. The number of anilines is 2. The quantitative estimate of drug-likeness (QED) is 0.386. The number of hydrogen-bond donors (Lipinski definition) is 2. The first-order valence-electron chi connectivity index (χ1n) is 9.76. The number of hydrogen-bond acceptors (Lipinski definition) is 7. The van der Waals surface area contributed by atoms with Crippen LogP contribution in [0.15, 0.2) is 48.8 Å². The molecule has 0 unspecified atom stereocenters. The van der Waals surface area contributed by atoms with Crippen LogP contribution in [0.1, 0.15) is 19.4 Å². The number of nitrogens with zero attached hydrogens (tertiary/aromatic N) is 3. The molecule has 34 heavy (non-hydrogen) atoms. The molecule has 2 N–H and O–H groups in total. The van der Waals surface area contributed by atoms with Crippen LogP contribution in [-0.4, -0.2) is 26.8 Å². The van der Waals surface area contributed by atoms with Crippen molar-refractivity contribution in [3.05, 3.63) is 54.4 Å². The lowest BCUT2D eigenvalue weighted by Crippen LogP contribution is -2.10. The van der Waals surface area contributed by atoms with Crippen molar-refractivity contribution in [1.29, 1.82) is 0 Å². The van der Waals surface area contributed by atoms with Gasteiger partial charge in [0.2, 0.25) is 17.7 Å². The van der Waals surface area contributed by atoms with Gasteiger partial charge in [0.15, 0.2) is 10.9 Å². The predicted molar refractivity (Wildman–Crippen MR) is 121 cm³/mol. The molecule has 0 saturated heterocycles. The Bertz CT molecular complexity index is 1400. The largest absolute Gasteiger partial charge is 0.437 e. The standard InChI is InChI=1S/C22H16F3N5O3S/c1-11(31)28-16-8-13(22(23,24)25)6-7-14(16)15-9-19(27-10-26-15)33-17-4-3-5-18-20(17)30-21(34-18)29-12(2)32/h3-10H,1-2H3,(H,28,31)(H,29,30,32). The molecule has 2 aromatic heterocycles. The van der Waals surface area contributed by atoms with Crippen molar-refractivity contribution in [2.75, 3.05) is 10.6 Å². The summed E-state index contributed by atoms with van der Waals surface area (Å²) in [4.78, 5) is 35.5. The SMILES string of the molecule is CC(=O)Nc1nc2c(Oc3cc(-c4ccc(C(F)(F)F)cc4NC(C)=O)ncn3)cccc2s1. The van der Waals surface area contributed by atoms with E-state index in [0.29, 0.717) is 16.4 Å². The fraction of sp³-hybridized carbons (Fsp3) is 0.136. The summed E-state index contributed by atoms with van der Waals surface area (Å²) in [5.74, 6) is -0.311. The summed E-state index contributed by atoms with van der Waals surface area (Å²) < 4.78 is 46.1. The molecule has 0 bridgehead atoms. The van der Waals surface area contributed by atoms with Gasteiger partial charge >= 0.3 is 6.18 Å². The van der Waals surface area contributed by atoms with Gasteiger partial charge in [0.25, 0.3) is 0 Å². The molecule has 4 aromatic rings. The number of amides is 2. The third-order valence-electron chi connectivity index (χ3n) is 4.45. The Morgan fingerprint density at radius 3 is 2.47 bits per heavy atom. The van der Waals surface area contributed by atoms with Crippen molar-refractivity contribution in [1.82, 2.24) is 15.0 Å². The van der Waals surface area contributed by atoms with E-state index >= 15 is 0 Å². The topological polar surface area (TPSA) is 106 Å². The Hall–Kier alpha value is -4.06. The van der Waals surface area contributed by atoms with Crippen molar-refractivity contribution >= 4 is 44.2 Å². The van der Waals surface area contributed by atoms with Gasteiger partial charge in [0.05, 0.1) is 21.6 Å². The number of fused-ring (bicyclic) bond motifs is 1. The summed E-state index contributed by atoms with van der Waals surface area (Å²) >= 11 is 1.27. The molecule has 0 fully saturated rings. The van der Waals surface area contributed by atoms with Gasteiger partial charge in [-0.05, 0) is 24.3 Å². The zero-order valence-corrected chi connectivity index (χ0v) is 18.5. The van der Waals surface area contributed by atoms with Crippen molar-refractivity contribution in [2.45, 2.75) is 20.0 Å². The van der Waals surface area contributed by atoms with Crippen molar-refractivity contribution in [2.24, 2.45) is 0 Å². The van der Waals surface area contributed by atoms with E-state index in [1.807, 2.05) is 6.07 Å². The molecule has 12 heteroatoms. The Kier molecular flexibility index (Phi) is 6.16. The number of carbonyl (C=O) groups excluding carboxylic acids is 2. The lowest BCUT2D eigenvalue weighted by molar-refractivity contribution is -0.137. The van der Waals surface area contributed by atoms with Crippen LogP contribution >= 0.6 is 11.3 Å². The third kappa shape index (κ3) is 5.12. The first kappa shape index (κ1) is 23.1. The Balaban J connectivity index is 1.70. The minimum absolute atomic E-state index is 0.0477. The molecule has 8 nitrogen and oxygen atoms in total. The maximum atomic E-state index is 13.2. The third-order valence-corrected chi connectivity index (χ3v) is 5.39. The summed E-state index contributed by atoms with van der Waals surface area (Å²) in [5.41, 5.74) is 0.0521. The number of alkyl halides is 3. The van der Waals surface area contributed by atoms with E-state index in [9.17, 15) is 22.8 Å². The van der Waals surface area contributed by atoms with Crippen LogP contribution in [0.2, 0.25) is 0 Å². The van der Waals surface area contributed by atoms with E-state index in [1.165, 1.54) is 43.6 Å². The fourth-order valence-electron chi connectivity index (χ4n) is 3.10. The molecule has 174 valence electrons. The number of thiazole rings is 1. The van der Waals surface area contributed by atoms with E-state index < -0.39 is 17.6 Å². The highest BCUT2D eigenvalue weighted by Crippen LogP contribution is 2.37. The molecule has 0 radical (unpaired) electrons. The maximum Gasteiger partial charge on any atom is 0.416 e. The molecule has 0 aliphatic carbocycles. The summed E-state index contributed by atoms with van der Waals surface area (Å²) in [6.07, 6.45) is -3.38. The molecule has 0 saturated carbocycles. The van der Waals surface area contributed by atoms with Gasteiger partial charge < -0.3 is 15.4 Å². The van der Waals surface area contributed by atoms with E-state index in [-0.39, 0.29) is 28.7 Å². The smallest absolute Gasteiger partial charge is 0.416 e. The van der Waals surface area contributed by atoms with E-state index in [0.717, 1.165) is 16.8 Å². The zero-order valence-electron chi connectivity index (χ0n) is 17.7. The molecule has 2 amide bonds. The predicted octanol–water partition coefficient (Wildman–Crippen LogP) is 5.48.